The van der Waals surface area contributed by atoms with Crippen LogP contribution < -0.4 is 5.73 Å². The van der Waals surface area contributed by atoms with Crippen LogP contribution >= 0.6 is 11.8 Å². The van der Waals surface area contributed by atoms with E-state index in [-0.39, 0.29) is 0 Å². The number of piperidine rings is 3. The average molecular weight is 313 g/mol. The summed E-state index contributed by atoms with van der Waals surface area (Å²) in [4.78, 5) is 2.67. The Kier molecular flexibility index (Phi) is 8.49. The number of nitrogens with two attached hydrogens (primary N) is 1. The Morgan fingerprint density at radius 1 is 1.10 bits per heavy atom. The average Bonchev–Trinajstić information content (AvgIpc) is 2.53. The SMILES string of the molecule is CCCCCCCCSCCC1CN2CCC1C[C@H]2CN. The molecule has 0 amide bonds. The predicted molar refractivity (Wildman–Crippen MR) is 95.9 cm³/mol. The molecule has 3 aliphatic heterocycles. The van der Waals surface area contributed by atoms with Gasteiger partial charge in [0.25, 0.3) is 0 Å². The quantitative estimate of drug-likeness (QED) is 0.581. The first-order valence-corrected chi connectivity index (χ1v) is 10.5. The fourth-order valence-electron chi connectivity index (χ4n) is 4.14. The molecule has 3 aliphatic rings. The Bertz CT molecular complexity index is 272. The third kappa shape index (κ3) is 5.76. The van der Waals surface area contributed by atoms with E-state index in [2.05, 4.69) is 23.6 Å². The molecule has 0 aliphatic carbocycles. The molecule has 2 bridgehead atoms. The van der Waals surface area contributed by atoms with Crippen molar-refractivity contribution in [3.63, 3.8) is 0 Å². The van der Waals surface area contributed by atoms with Crippen molar-refractivity contribution in [3.8, 4) is 0 Å². The molecule has 3 heteroatoms. The number of hydrogen-bond acceptors (Lipinski definition) is 3. The summed E-state index contributed by atoms with van der Waals surface area (Å²) in [5.74, 6) is 4.73. The van der Waals surface area contributed by atoms with E-state index in [9.17, 15) is 0 Å². The van der Waals surface area contributed by atoms with Crippen LogP contribution in [0.1, 0.15) is 64.7 Å². The third-order valence-electron chi connectivity index (χ3n) is 5.56. The molecule has 21 heavy (non-hydrogen) atoms. The summed E-state index contributed by atoms with van der Waals surface area (Å²) in [6.45, 7) is 5.81. The van der Waals surface area contributed by atoms with Gasteiger partial charge in [-0.1, -0.05) is 39.0 Å². The number of unbranched alkanes of at least 4 members (excludes halogenated alkanes) is 5. The van der Waals surface area contributed by atoms with Gasteiger partial charge in [0.2, 0.25) is 0 Å². The minimum atomic E-state index is 0.704. The standard InChI is InChI=1S/C18H36N2S/c1-2-3-4-5-6-7-11-21-12-9-17-15-20-10-8-16(17)13-18(20)14-19/h16-18H,2-15,19H2,1H3/t16?,17?,18-/m0/s1. The van der Waals surface area contributed by atoms with E-state index in [1.165, 1.54) is 82.4 Å². The van der Waals surface area contributed by atoms with Crippen molar-refractivity contribution in [2.45, 2.75) is 70.8 Å². The van der Waals surface area contributed by atoms with Crippen LogP contribution in [0.15, 0.2) is 0 Å². The summed E-state index contributed by atoms with van der Waals surface area (Å²) in [6.07, 6.45) is 12.8. The molecule has 3 saturated heterocycles. The van der Waals surface area contributed by atoms with Crippen molar-refractivity contribution in [1.82, 2.24) is 4.90 Å². The molecule has 4 atom stereocenters. The van der Waals surface area contributed by atoms with Gasteiger partial charge in [-0.05, 0) is 55.6 Å². The summed E-state index contributed by atoms with van der Waals surface area (Å²) < 4.78 is 0. The highest BCUT2D eigenvalue weighted by molar-refractivity contribution is 7.99. The highest BCUT2D eigenvalue weighted by Crippen LogP contribution is 2.38. The lowest BCUT2D eigenvalue weighted by molar-refractivity contribution is 0.00416. The predicted octanol–water partition coefficient (Wildman–Crippen LogP) is 4.14. The first-order chi connectivity index (χ1) is 10.3. The number of thioether (sulfide) groups is 1. The fraction of sp³-hybridized carbons (Fsp3) is 1.00. The lowest BCUT2D eigenvalue weighted by Gasteiger charge is -2.49. The minimum Gasteiger partial charge on any atom is -0.329 e. The number of hydrogen-bond donors (Lipinski definition) is 1. The van der Waals surface area contributed by atoms with Gasteiger partial charge in [-0.25, -0.2) is 0 Å². The van der Waals surface area contributed by atoms with E-state index >= 15 is 0 Å². The third-order valence-corrected chi connectivity index (χ3v) is 6.66. The minimum absolute atomic E-state index is 0.704. The van der Waals surface area contributed by atoms with E-state index in [0.717, 1.165) is 18.4 Å². The van der Waals surface area contributed by atoms with Gasteiger partial charge in [0, 0.05) is 19.1 Å². The van der Waals surface area contributed by atoms with E-state index < -0.39 is 0 Å². The number of fused-ring (bicyclic) bond motifs is 3. The maximum absolute atomic E-state index is 5.89. The summed E-state index contributed by atoms with van der Waals surface area (Å²) in [5, 5.41) is 0. The second kappa shape index (κ2) is 10.1. The van der Waals surface area contributed by atoms with Gasteiger partial charge >= 0.3 is 0 Å². The van der Waals surface area contributed by atoms with Crippen molar-refractivity contribution in [1.29, 1.82) is 0 Å². The Balaban J connectivity index is 1.47. The van der Waals surface area contributed by atoms with Crippen molar-refractivity contribution in [2.24, 2.45) is 17.6 Å². The summed E-state index contributed by atoms with van der Waals surface area (Å²) >= 11 is 2.20. The molecule has 0 radical (unpaired) electrons. The van der Waals surface area contributed by atoms with Crippen LogP contribution in [0.25, 0.3) is 0 Å². The molecule has 124 valence electrons. The van der Waals surface area contributed by atoms with Crippen LogP contribution in [0.3, 0.4) is 0 Å². The molecule has 0 aromatic heterocycles. The normalized spacial score (nSPS) is 31.7. The van der Waals surface area contributed by atoms with Gasteiger partial charge in [0.1, 0.15) is 0 Å². The summed E-state index contributed by atoms with van der Waals surface area (Å²) in [5.41, 5.74) is 5.89. The van der Waals surface area contributed by atoms with Crippen molar-refractivity contribution >= 4 is 11.8 Å². The second-order valence-corrected chi connectivity index (χ2v) is 8.32. The molecular formula is C18H36N2S. The molecule has 0 aromatic carbocycles. The number of rotatable bonds is 11. The van der Waals surface area contributed by atoms with Crippen LogP contribution in [0.4, 0.5) is 0 Å². The molecule has 3 fully saturated rings. The lowest BCUT2D eigenvalue weighted by atomic mass is 9.74. The van der Waals surface area contributed by atoms with Crippen molar-refractivity contribution < 1.29 is 0 Å². The zero-order valence-corrected chi connectivity index (χ0v) is 14.9. The van der Waals surface area contributed by atoms with E-state index in [4.69, 9.17) is 5.73 Å². The van der Waals surface area contributed by atoms with Crippen molar-refractivity contribution in [2.75, 3.05) is 31.1 Å². The maximum atomic E-state index is 5.89. The Morgan fingerprint density at radius 2 is 1.90 bits per heavy atom. The second-order valence-electron chi connectivity index (χ2n) is 7.10. The van der Waals surface area contributed by atoms with E-state index in [0.29, 0.717) is 6.04 Å². The first-order valence-electron chi connectivity index (χ1n) is 9.37. The smallest absolute Gasteiger partial charge is 0.0221 e. The molecule has 2 N–H and O–H groups in total. The summed E-state index contributed by atoms with van der Waals surface area (Å²) in [6, 6.07) is 0.704. The van der Waals surface area contributed by atoms with Crippen LogP contribution in [-0.4, -0.2) is 42.1 Å². The van der Waals surface area contributed by atoms with Gasteiger partial charge in [-0.15, -0.1) is 0 Å². The molecule has 0 spiro atoms. The van der Waals surface area contributed by atoms with Crippen LogP contribution in [-0.2, 0) is 0 Å². The molecule has 2 nitrogen and oxygen atoms in total. The lowest BCUT2D eigenvalue weighted by Crippen LogP contribution is -2.55. The Morgan fingerprint density at radius 3 is 2.62 bits per heavy atom. The van der Waals surface area contributed by atoms with E-state index in [1.807, 2.05) is 0 Å². The maximum Gasteiger partial charge on any atom is 0.0221 e. The van der Waals surface area contributed by atoms with Gasteiger partial charge in [0.15, 0.2) is 0 Å². The number of nitrogens with zero attached hydrogens (tertiary/aromatic N) is 1. The zero-order chi connectivity index (χ0) is 14.9. The molecule has 0 saturated carbocycles. The molecular weight excluding hydrogens is 276 g/mol. The monoisotopic (exact) mass is 312 g/mol. The Hall–Kier alpha value is 0.270. The topological polar surface area (TPSA) is 29.3 Å². The highest BCUT2D eigenvalue weighted by atomic mass is 32.2. The van der Waals surface area contributed by atoms with Crippen LogP contribution in [0, 0.1) is 11.8 Å². The zero-order valence-electron chi connectivity index (χ0n) is 14.1. The van der Waals surface area contributed by atoms with Crippen LogP contribution in [0.2, 0.25) is 0 Å². The van der Waals surface area contributed by atoms with Crippen molar-refractivity contribution in [3.05, 3.63) is 0 Å². The molecule has 0 aromatic rings. The first kappa shape index (κ1) is 17.6. The summed E-state index contributed by atoms with van der Waals surface area (Å²) in [7, 11) is 0. The van der Waals surface area contributed by atoms with Crippen LogP contribution in [0.5, 0.6) is 0 Å². The molecule has 3 unspecified atom stereocenters. The van der Waals surface area contributed by atoms with Gasteiger partial charge in [-0.2, -0.15) is 11.8 Å². The molecule has 3 heterocycles. The fourth-order valence-corrected chi connectivity index (χ4v) is 5.22. The van der Waals surface area contributed by atoms with E-state index in [1.54, 1.807) is 0 Å². The van der Waals surface area contributed by atoms with Gasteiger partial charge in [-0.3, -0.25) is 4.90 Å². The largest absolute Gasteiger partial charge is 0.329 e. The Labute approximate surface area is 136 Å². The van der Waals surface area contributed by atoms with Gasteiger partial charge in [0.05, 0.1) is 0 Å². The highest BCUT2D eigenvalue weighted by Gasteiger charge is 2.38. The molecule has 3 rings (SSSR count). The van der Waals surface area contributed by atoms with Gasteiger partial charge < -0.3 is 5.73 Å².